The van der Waals surface area contributed by atoms with E-state index in [1.807, 2.05) is 19.1 Å². The normalized spacial score (nSPS) is 12.0. The first kappa shape index (κ1) is 13.0. The molecule has 4 nitrogen and oxygen atoms in total. The fourth-order valence-corrected chi connectivity index (χ4v) is 1.98. The highest BCUT2D eigenvalue weighted by molar-refractivity contribution is 5.98. The number of amides is 1. The number of carbonyl (C=O) groups excluding carboxylic acids is 1. The van der Waals surface area contributed by atoms with Gasteiger partial charge in [-0.3, -0.25) is 4.79 Å². The zero-order chi connectivity index (χ0) is 13.8. The molecule has 1 atom stereocenters. The van der Waals surface area contributed by atoms with E-state index in [4.69, 9.17) is 12.2 Å². The smallest absolute Gasteiger partial charge is 0.267 e. The first-order valence-corrected chi connectivity index (χ1v) is 6.26. The molecule has 0 saturated heterocycles. The van der Waals surface area contributed by atoms with Crippen LogP contribution in [0.3, 0.4) is 0 Å². The highest BCUT2D eigenvalue weighted by atomic mass is 16.1. The molecule has 1 unspecified atom stereocenters. The lowest BCUT2D eigenvalue weighted by Gasteiger charge is -2.13. The van der Waals surface area contributed by atoms with Gasteiger partial charge in [0.05, 0.1) is 0 Å². The minimum Gasteiger partial charge on any atom is -0.399 e. The van der Waals surface area contributed by atoms with Crippen molar-refractivity contribution in [2.75, 3.05) is 5.73 Å². The van der Waals surface area contributed by atoms with Gasteiger partial charge >= 0.3 is 0 Å². The van der Waals surface area contributed by atoms with Gasteiger partial charge in [0.2, 0.25) is 0 Å². The average molecular weight is 255 g/mol. The molecule has 4 N–H and O–H groups in total. The van der Waals surface area contributed by atoms with Crippen molar-refractivity contribution in [3.63, 3.8) is 0 Å². The average Bonchev–Trinajstić information content (AvgIpc) is 2.81. The molecule has 0 aliphatic rings. The highest BCUT2D eigenvalue weighted by Crippen LogP contribution is 2.18. The quantitative estimate of drug-likeness (QED) is 0.579. The lowest BCUT2D eigenvalue weighted by molar-refractivity contribution is 0.0932. The van der Waals surface area contributed by atoms with Crippen LogP contribution in [0.1, 0.15) is 30.3 Å². The van der Waals surface area contributed by atoms with Crippen molar-refractivity contribution >= 4 is 22.5 Å². The number of hydrogen-bond donors (Lipinski definition) is 3. The van der Waals surface area contributed by atoms with Crippen LogP contribution in [0.2, 0.25) is 0 Å². The Balaban J connectivity index is 2.19. The molecule has 1 aromatic carbocycles. The first-order chi connectivity index (χ1) is 9.13. The Hall–Kier alpha value is -2.41. The largest absolute Gasteiger partial charge is 0.399 e. The second-order valence-corrected chi connectivity index (χ2v) is 4.52. The maximum Gasteiger partial charge on any atom is 0.267 e. The second kappa shape index (κ2) is 5.49. The summed E-state index contributed by atoms with van der Waals surface area (Å²) in [7, 11) is 0. The van der Waals surface area contributed by atoms with Crippen LogP contribution in [0.15, 0.2) is 24.3 Å². The van der Waals surface area contributed by atoms with Crippen LogP contribution in [0, 0.1) is 12.3 Å². The lowest BCUT2D eigenvalue weighted by atomic mass is 10.1. The summed E-state index contributed by atoms with van der Waals surface area (Å²) in [4.78, 5) is 15.2. The summed E-state index contributed by atoms with van der Waals surface area (Å²) in [5.41, 5.74) is 7.81. The van der Waals surface area contributed by atoms with Gasteiger partial charge in [-0.2, -0.15) is 0 Å². The molecule has 19 heavy (non-hydrogen) atoms. The van der Waals surface area contributed by atoms with Gasteiger partial charge < -0.3 is 16.0 Å². The van der Waals surface area contributed by atoms with Gasteiger partial charge in [0.25, 0.3) is 5.91 Å². The Labute approximate surface area is 112 Å². The number of terminal acetylenes is 1. The number of benzene rings is 1. The van der Waals surface area contributed by atoms with Crippen LogP contribution in [0.4, 0.5) is 5.69 Å². The van der Waals surface area contributed by atoms with Gasteiger partial charge in [-0.1, -0.05) is 6.92 Å². The Morgan fingerprint density at radius 3 is 3.00 bits per heavy atom. The van der Waals surface area contributed by atoms with Crippen molar-refractivity contribution in [1.29, 1.82) is 0 Å². The molecule has 0 aliphatic heterocycles. The predicted molar refractivity (Wildman–Crippen MR) is 77.7 cm³/mol. The fourth-order valence-electron chi connectivity index (χ4n) is 1.98. The summed E-state index contributed by atoms with van der Waals surface area (Å²) in [6.07, 6.45) is 6.62. The molecule has 1 amide bonds. The molecule has 98 valence electrons. The van der Waals surface area contributed by atoms with Gasteiger partial charge in [-0.15, -0.1) is 12.3 Å². The van der Waals surface area contributed by atoms with Crippen LogP contribution in [-0.4, -0.2) is 16.9 Å². The number of nitrogens with two attached hydrogens (primary N) is 1. The number of nitrogens with one attached hydrogen (secondary N) is 2. The Morgan fingerprint density at radius 2 is 2.32 bits per heavy atom. The maximum absolute atomic E-state index is 12.1. The monoisotopic (exact) mass is 255 g/mol. The van der Waals surface area contributed by atoms with Crippen LogP contribution >= 0.6 is 0 Å². The summed E-state index contributed by atoms with van der Waals surface area (Å²) < 4.78 is 0. The lowest BCUT2D eigenvalue weighted by Crippen LogP contribution is -2.34. The molecule has 0 radical (unpaired) electrons. The zero-order valence-corrected chi connectivity index (χ0v) is 10.9. The minimum atomic E-state index is -0.142. The predicted octanol–water partition coefficient (Wildman–Crippen LogP) is 2.28. The molecule has 0 spiro atoms. The number of aromatic nitrogens is 1. The third-order valence-electron chi connectivity index (χ3n) is 3.08. The Morgan fingerprint density at radius 1 is 1.53 bits per heavy atom. The van der Waals surface area contributed by atoms with Crippen LogP contribution in [0.25, 0.3) is 10.9 Å². The Kier molecular flexibility index (Phi) is 3.76. The van der Waals surface area contributed by atoms with Gasteiger partial charge in [-0.25, -0.2) is 0 Å². The standard InChI is InChI=1S/C15H17N3O/c1-3-5-12(4-2)17-15(19)14-9-10-8-11(16)6-7-13(10)18-14/h1,6-9,12,18H,4-5,16H2,2H3,(H,17,19). The molecule has 2 rings (SSSR count). The molecule has 1 heterocycles. The van der Waals surface area contributed by atoms with Crippen molar-refractivity contribution in [3.8, 4) is 12.3 Å². The van der Waals surface area contributed by atoms with Gasteiger partial charge in [0.15, 0.2) is 0 Å². The third kappa shape index (κ3) is 2.89. The van der Waals surface area contributed by atoms with E-state index >= 15 is 0 Å². The maximum atomic E-state index is 12.1. The molecular weight excluding hydrogens is 238 g/mol. The van der Waals surface area contributed by atoms with Crippen molar-refractivity contribution in [1.82, 2.24) is 10.3 Å². The SMILES string of the molecule is C#CCC(CC)NC(=O)c1cc2cc(N)ccc2[nH]1. The van der Waals surface area contributed by atoms with Crippen molar-refractivity contribution in [3.05, 3.63) is 30.0 Å². The van der Waals surface area contributed by atoms with E-state index in [9.17, 15) is 4.79 Å². The number of H-pyrrole nitrogens is 1. The number of rotatable bonds is 4. The summed E-state index contributed by atoms with van der Waals surface area (Å²) in [5, 5.41) is 3.84. The number of hydrogen-bond acceptors (Lipinski definition) is 2. The van der Waals surface area contributed by atoms with Crippen LogP contribution < -0.4 is 11.1 Å². The molecule has 0 bridgehead atoms. The summed E-state index contributed by atoms with van der Waals surface area (Å²) >= 11 is 0. The second-order valence-electron chi connectivity index (χ2n) is 4.52. The Bertz CT molecular complexity index is 636. The van der Waals surface area contributed by atoms with E-state index in [0.29, 0.717) is 17.8 Å². The van der Waals surface area contributed by atoms with Gasteiger partial charge in [0.1, 0.15) is 5.69 Å². The zero-order valence-electron chi connectivity index (χ0n) is 10.9. The van der Waals surface area contributed by atoms with Gasteiger partial charge in [-0.05, 0) is 30.7 Å². The molecule has 4 heteroatoms. The molecular formula is C15H17N3O. The van der Waals surface area contributed by atoms with Crippen LogP contribution in [0.5, 0.6) is 0 Å². The van der Waals surface area contributed by atoms with Crippen molar-refractivity contribution in [2.45, 2.75) is 25.8 Å². The van der Waals surface area contributed by atoms with Crippen molar-refractivity contribution in [2.24, 2.45) is 0 Å². The number of carbonyl (C=O) groups is 1. The van der Waals surface area contributed by atoms with E-state index in [0.717, 1.165) is 17.3 Å². The first-order valence-electron chi connectivity index (χ1n) is 6.26. The summed E-state index contributed by atoms with van der Waals surface area (Å²) in [6.45, 7) is 1.99. The van der Waals surface area contributed by atoms with E-state index in [1.165, 1.54) is 0 Å². The van der Waals surface area contributed by atoms with Crippen LogP contribution in [-0.2, 0) is 0 Å². The minimum absolute atomic E-state index is 0.00832. The number of anilines is 1. The van der Waals surface area contributed by atoms with E-state index in [2.05, 4.69) is 16.2 Å². The van der Waals surface area contributed by atoms with E-state index in [1.54, 1.807) is 12.1 Å². The number of nitrogen functional groups attached to an aromatic ring is 1. The highest BCUT2D eigenvalue weighted by Gasteiger charge is 2.13. The van der Waals surface area contributed by atoms with E-state index in [-0.39, 0.29) is 11.9 Å². The molecule has 0 aliphatic carbocycles. The number of fused-ring (bicyclic) bond motifs is 1. The topological polar surface area (TPSA) is 70.9 Å². The van der Waals surface area contributed by atoms with E-state index < -0.39 is 0 Å². The molecule has 0 saturated carbocycles. The third-order valence-corrected chi connectivity index (χ3v) is 3.08. The molecule has 2 aromatic rings. The van der Waals surface area contributed by atoms with Gasteiger partial charge in [0, 0.05) is 29.1 Å². The molecule has 1 aromatic heterocycles. The number of aromatic amines is 1. The van der Waals surface area contributed by atoms with Crippen molar-refractivity contribution < 1.29 is 4.79 Å². The molecule has 0 fully saturated rings. The summed E-state index contributed by atoms with van der Waals surface area (Å²) in [5.74, 6) is 2.43. The fraction of sp³-hybridized carbons (Fsp3) is 0.267. The summed E-state index contributed by atoms with van der Waals surface area (Å²) in [6, 6.07) is 7.30.